The number of rotatable bonds is 7. The predicted octanol–water partition coefficient (Wildman–Crippen LogP) is 0.378. The van der Waals surface area contributed by atoms with Crippen LogP contribution in [0, 0.1) is 0 Å². The average Bonchev–Trinajstić information content (AvgIpc) is 2.66. The number of benzene rings is 1. The van der Waals surface area contributed by atoms with Gasteiger partial charge in [-0.05, 0) is 29.8 Å². The van der Waals surface area contributed by atoms with Gasteiger partial charge in [0.2, 0.25) is 15.9 Å². The number of nitrogens with one attached hydrogen (secondary N) is 2. The highest BCUT2D eigenvalue weighted by atomic mass is 32.2. The van der Waals surface area contributed by atoms with E-state index < -0.39 is 15.9 Å². The summed E-state index contributed by atoms with van der Waals surface area (Å²) in [6.07, 6.45) is 2.71. The van der Waals surface area contributed by atoms with Crippen molar-refractivity contribution in [1.82, 2.24) is 19.9 Å². The summed E-state index contributed by atoms with van der Waals surface area (Å²) in [6, 6.07) is 9.69. The first-order valence-electron chi connectivity index (χ1n) is 7.78. The van der Waals surface area contributed by atoms with E-state index >= 15 is 0 Å². The molecule has 1 aromatic carbocycles. The molecule has 1 heterocycles. The van der Waals surface area contributed by atoms with Gasteiger partial charge < -0.3 is 10.6 Å². The highest BCUT2D eigenvalue weighted by Gasteiger charge is 2.22. The second-order valence-electron chi connectivity index (χ2n) is 5.50. The number of likely N-dealkylation sites (N-methyl/N-ethyl adjacent to an activating group) is 1. The SMILES string of the molecule is CNC(=O)c1ccc(CNC(=O)CN(C)S(=O)(=O)c2cccnc2)cc1. The van der Waals surface area contributed by atoms with Crippen LogP contribution in [0.4, 0.5) is 0 Å². The zero-order chi connectivity index (χ0) is 19.2. The summed E-state index contributed by atoms with van der Waals surface area (Å²) in [4.78, 5) is 27.3. The van der Waals surface area contributed by atoms with E-state index in [2.05, 4.69) is 15.6 Å². The van der Waals surface area contributed by atoms with Gasteiger partial charge in [-0.2, -0.15) is 4.31 Å². The maximum Gasteiger partial charge on any atom is 0.251 e. The maximum atomic E-state index is 12.3. The van der Waals surface area contributed by atoms with Crippen molar-refractivity contribution < 1.29 is 18.0 Å². The quantitative estimate of drug-likeness (QED) is 0.726. The molecule has 2 N–H and O–H groups in total. The Hall–Kier alpha value is -2.78. The normalized spacial score (nSPS) is 11.2. The first-order chi connectivity index (χ1) is 12.3. The first-order valence-corrected chi connectivity index (χ1v) is 9.22. The lowest BCUT2D eigenvalue weighted by Crippen LogP contribution is -2.38. The van der Waals surface area contributed by atoms with Crippen LogP contribution in [0.15, 0.2) is 53.7 Å². The molecule has 0 aliphatic heterocycles. The summed E-state index contributed by atoms with van der Waals surface area (Å²) in [5.74, 6) is -0.627. The third kappa shape index (κ3) is 4.87. The Labute approximate surface area is 152 Å². The lowest BCUT2D eigenvalue weighted by Gasteiger charge is -2.16. The molecular formula is C17H20N4O4S. The zero-order valence-corrected chi connectivity index (χ0v) is 15.3. The average molecular weight is 376 g/mol. The van der Waals surface area contributed by atoms with E-state index in [1.54, 1.807) is 31.3 Å². The van der Waals surface area contributed by atoms with Crippen LogP contribution in [0.25, 0.3) is 0 Å². The molecule has 2 rings (SSSR count). The Morgan fingerprint density at radius 2 is 1.85 bits per heavy atom. The van der Waals surface area contributed by atoms with Gasteiger partial charge in [0.1, 0.15) is 4.90 Å². The fourth-order valence-electron chi connectivity index (χ4n) is 2.14. The highest BCUT2D eigenvalue weighted by Crippen LogP contribution is 2.11. The van der Waals surface area contributed by atoms with Gasteiger partial charge in [-0.3, -0.25) is 14.6 Å². The van der Waals surface area contributed by atoms with Gasteiger partial charge in [-0.25, -0.2) is 8.42 Å². The van der Waals surface area contributed by atoms with Crippen LogP contribution in [-0.4, -0.2) is 50.2 Å². The van der Waals surface area contributed by atoms with Crippen molar-refractivity contribution in [1.29, 1.82) is 0 Å². The molecule has 9 heteroatoms. The smallest absolute Gasteiger partial charge is 0.251 e. The number of pyridine rings is 1. The van der Waals surface area contributed by atoms with E-state index in [9.17, 15) is 18.0 Å². The van der Waals surface area contributed by atoms with Crippen molar-refractivity contribution >= 4 is 21.8 Å². The Balaban J connectivity index is 1.91. The minimum absolute atomic E-state index is 0.0279. The molecule has 0 unspecified atom stereocenters. The zero-order valence-electron chi connectivity index (χ0n) is 14.5. The molecular weight excluding hydrogens is 356 g/mol. The summed E-state index contributed by atoms with van der Waals surface area (Å²) in [5, 5.41) is 5.18. The molecule has 8 nitrogen and oxygen atoms in total. The van der Waals surface area contributed by atoms with Crippen LogP contribution in [0.2, 0.25) is 0 Å². The van der Waals surface area contributed by atoms with Crippen molar-refractivity contribution in [2.45, 2.75) is 11.4 Å². The number of carbonyl (C=O) groups excluding carboxylic acids is 2. The van der Waals surface area contributed by atoms with Crippen molar-refractivity contribution in [3.05, 3.63) is 59.9 Å². The molecule has 138 valence electrons. The third-order valence-electron chi connectivity index (χ3n) is 3.64. The van der Waals surface area contributed by atoms with Gasteiger partial charge >= 0.3 is 0 Å². The van der Waals surface area contributed by atoms with E-state index in [4.69, 9.17) is 0 Å². The Morgan fingerprint density at radius 3 is 2.42 bits per heavy atom. The standard InChI is InChI=1S/C17H20N4O4S/c1-18-17(23)14-7-5-13(6-8-14)10-20-16(22)12-21(2)26(24,25)15-4-3-9-19-11-15/h3-9,11H,10,12H2,1-2H3,(H,18,23)(H,20,22). The largest absolute Gasteiger partial charge is 0.355 e. The van der Waals surface area contributed by atoms with Gasteiger partial charge in [0.15, 0.2) is 0 Å². The molecule has 0 spiro atoms. The number of hydrogen-bond donors (Lipinski definition) is 2. The van der Waals surface area contributed by atoms with Gasteiger partial charge in [0.25, 0.3) is 5.91 Å². The molecule has 26 heavy (non-hydrogen) atoms. The molecule has 0 aliphatic carbocycles. The predicted molar refractivity (Wildman–Crippen MR) is 95.7 cm³/mol. The Bertz CT molecular complexity index is 867. The van der Waals surface area contributed by atoms with Crippen molar-refractivity contribution in [2.75, 3.05) is 20.6 Å². The number of aromatic nitrogens is 1. The maximum absolute atomic E-state index is 12.3. The number of amides is 2. The number of sulfonamides is 1. The minimum atomic E-state index is -3.77. The van der Waals surface area contributed by atoms with Crippen LogP contribution in [0.5, 0.6) is 0 Å². The van der Waals surface area contributed by atoms with Gasteiger partial charge in [-0.1, -0.05) is 12.1 Å². The molecule has 0 radical (unpaired) electrons. The van der Waals surface area contributed by atoms with Gasteiger partial charge in [0, 0.05) is 38.6 Å². The lowest BCUT2D eigenvalue weighted by molar-refractivity contribution is -0.121. The molecule has 0 atom stereocenters. The fourth-order valence-corrected chi connectivity index (χ4v) is 3.23. The van der Waals surface area contributed by atoms with E-state index in [0.717, 1.165) is 9.87 Å². The van der Waals surface area contributed by atoms with Crippen LogP contribution in [0.1, 0.15) is 15.9 Å². The second kappa shape index (κ2) is 8.54. The Kier molecular flexibility index (Phi) is 6.42. The summed E-state index contributed by atoms with van der Waals surface area (Å²) >= 11 is 0. The Morgan fingerprint density at radius 1 is 1.15 bits per heavy atom. The first kappa shape index (κ1) is 19.5. The van der Waals surface area contributed by atoms with E-state index in [0.29, 0.717) is 5.56 Å². The lowest BCUT2D eigenvalue weighted by atomic mass is 10.1. The number of nitrogens with zero attached hydrogens (tertiary/aromatic N) is 2. The van der Waals surface area contributed by atoms with Gasteiger partial charge in [0.05, 0.1) is 6.54 Å². The minimum Gasteiger partial charge on any atom is -0.355 e. The molecule has 0 saturated heterocycles. The number of hydrogen-bond acceptors (Lipinski definition) is 5. The molecule has 2 amide bonds. The highest BCUT2D eigenvalue weighted by molar-refractivity contribution is 7.89. The number of carbonyl (C=O) groups is 2. The molecule has 2 aromatic rings. The van der Waals surface area contributed by atoms with Crippen molar-refractivity contribution in [3.63, 3.8) is 0 Å². The summed E-state index contributed by atoms with van der Waals surface area (Å²) in [6.45, 7) is -0.0822. The third-order valence-corrected chi connectivity index (χ3v) is 5.43. The van der Waals surface area contributed by atoms with Crippen molar-refractivity contribution in [3.8, 4) is 0 Å². The summed E-state index contributed by atoms with van der Waals surface area (Å²) in [7, 11) is -0.888. The van der Waals surface area contributed by atoms with E-state index in [1.807, 2.05) is 0 Å². The summed E-state index contributed by atoms with van der Waals surface area (Å²) in [5.41, 5.74) is 1.31. The fraction of sp³-hybridized carbons (Fsp3) is 0.235. The topological polar surface area (TPSA) is 108 Å². The van der Waals surface area contributed by atoms with Crippen LogP contribution in [-0.2, 0) is 21.4 Å². The molecule has 0 saturated carbocycles. The van der Waals surface area contributed by atoms with Crippen LogP contribution >= 0.6 is 0 Å². The molecule has 0 fully saturated rings. The second-order valence-corrected chi connectivity index (χ2v) is 7.55. The van der Waals surface area contributed by atoms with E-state index in [-0.39, 0.29) is 23.9 Å². The molecule has 1 aromatic heterocycles. The molecule has 0 aliphatic rings. The molecule has 0 bridgehead atoms. The van der Waals surface area contributed by atoms with Crippen molar-refractivity contribution in [2.24, 2.45) is 0 Å². The summed E-state index contributed by atoms with van der Waals surface area (Å²) < 4.78 is 25.6. The van der Waals surface area contributed by atoms with Crippen LogP contribution < -0.4 is 10.6 Å². The van der Waals surface area contributed by atoms with E-state index in [1.165, 1.54) is 31.6 Å². The van der Waals surface area contributed by atoms with Gasteiger partial charge in [-0.15, -0.1) is 0 Å². The monoisotopic (exact) mass is 376 g/mol. The van der Waals surface area contributed by atoms with Crippen LogP contribution in [0.3, 0.4) is 0 Å².